The number of carbonyl (C=O) groups is 1. The molecule has 0 atom stereocenters. The van der Waals surface area contributed by atoms with E-state index in [0.717, 1.165) is 26.7 Å². The molecule has 0 radical (unpaired) electrons. The largest absolute Gasteiger partial charge is 0.453 e. The molecule has 100 valence electrons. The molecule has 0 bridgehead atoms. The van der Waals surface area contributed by atoms with Crippen molar-refractivity contribution in [3.8, 4) is 0 Å². The van der Waals surface area contributed by atoms with E-state index >= 15 is 0 Å². The van der Waals surface area contributed by atoms with Gasteiger partial charge in [0, 0.05) is 21.7 Å². The Kier molecular flexibility index (Phi) is 3.40. The third-order valence-electron chi connectivity index (χ3n) is 3.08. The van der Waals surface area contributed by atoms with E-state index in [-0.39, 0.29) is 12.2 Å². The zero-order valence-corrected chi connectivity index (χ0v) is 12.5. The number of carbonyl (C=O) groups excluding carboxylic acids is 1. The van der Waals surface area contributed by atoms with Crippen LogP contribution in [0.3, 0.4) is 0 Å². The molecular weight excluding hydrogens is 318 g/mol. The molecule has 1 aromatic carbocycles. The molecule has 3 rings (SSSR count). The summed E-state index contributed by atoms with van der Waals surface area (Å²) in [6.07, 6.45) is 1.93. The molecular formula is C16H12BrNO2. The van der Waals surface area contributed by atoms with Crippen molar-refractivity contribution >= 4 is 32.7 Å². The molecule has 0 N–H and O–H groups in total. The lowest BCUT2D eigenvalue weighted by atomic mass is 10.1. The number of Topliss-reactive ketones (excluding diaryl/α,β-unsaturated/α-hetero) is 1. The smallest absolute Gasteiger partial charge is 0.203 e. The van der Waals surface area contributed by atoms with Crippen LogP contribution in [-0.2, 0) is 6.42 Å². The number of aryl methyl sites for hydroxylation is 1. The summed E-state index contributed by atoms with van der Waals surface area (Å²) in [4.78, 5) is 16.4. The van der Waals surface area contributed by atoms with Crippen LogP contribution in [0.5, 0.6) is 0 Å². The highest BCUT2D eigenvalue weighted by Gasteiger charge is 2.13. The highest BCUT2D eigenvalue weighted by atomic mass is 79.9. The summed E-state index contributed by atoms with van der Waals surface area (Å²) in [7, 11) is 0. The van der Waals surface area contributed by atoms with Crippen molar-refractivity contribution in [2.75, 3.05) is 0 Å². The molecule has 0 saturated carbocycles. The zero-order valence-electron chi connectivity index (χ0n) is 10.9. The first-order chi connectivity index (χ1) is 9.61. The minimum Gasteiger partial charge on any atom is -0.453 e. The molecule has 0 aliphatic carbocycles. The first-order valence-electron chi connectivity index (χ1n) is 6.26. The van der Waals surface area contributed by atoms with Crippen LogP contribution in [0.25, 0.3) is 11.0 Å². The topological polar surface area (TPSA) is 43.1 Å². The summed E-state index contributed by atoms with van der Waals surface area (Å²) in [6, 6.07) is 11.4. The van der Waals surface area contributed by atoms with E-state index < -0.39 is 0 Å². The maximum atomic E-state index is 12.2. The van der Waals surface area contributed by atoms with E-state index in [4.69, 9.17) is 4.42 Å². The van der Waals surface area contributed by atoms with Crippen molar-refractivity contribution in [2.45, 2.75) is 13.3 Å². The second-order valence-corrected chi connectivity index (χ2v) is 5.64. The first-order valence-corrected chi connectivity index (χ1v) is 7.05. The number of furan rings is 1. The number of benzene rings is 1. The Labute approximate surface area is 124 Å². The first kappa shape index (κ1) is 13.1. The maximum Gasteiger partial charge on any atom is 0.203 e. The third kappa shape index (κ3) is 2.65. The number of hydrogen-bond donors (Lipinski definition) is 0. The van der Waals surface area contributed by atoms with Gasteiger partial charge in [0.15, 0.2) is 5.76 Å². The van der Waals surface area contributed by atoms with Gasteiger partial charge in [-0.15, -0.1) is 0 Å². The lowest BCUT2D eigenvalue weighted by Crippen LogP contribution is -2.03. The van der Waals surface area contributed by atoms with Gasteiger partial charge in [-0.05, 0) is 53.2 Å². The highest BCUT2D eigenvalue weighted by molar-refractivity contribution is 9.10. The summed E-state index contributed by atoms with van der Waals surface area (Å²) >= 11 is 3.32. The lowest BCUT2D eigenvalue weighted by molar-refractivity contribution is 0.0967. The Balaban J connectivity index is 1.86. The fourth-order valence-electron chi connectivity index (χ4n) is 2.06. The Morgan fingerprint density at radius 1 is 1.25 bits per heavy atom. The second-order valence-electron chi connectivity index (χ2n) is 4.72. The van der Waals surface area contributed by atoms with Crippen molar-refractivity contribution in [3.05, 3.63) is 64.1 Å². The van der Waals surface area contributed by atoms with E-state index in [1.165, 1.54) is 0 Å². The van der Waals surface area contributed by atoms with Crippen LogP contribution in [0.1, 0.15) is 21.8 Å². The number of pyridine rings is 1. The van der Waals surface area contributed by atoms with E-state index in [2.05, 4.69) is 20.9 Å². The van der Waals surface area contributed by atoms with Crippen molar-refractivity contribution < 1.29 is 9.21 Å². The summed E-state index contributed by atoms with van der Waals surface area (Å²) in [5.74, 6) is 0.323. The van der Waals surface area contributed by atoms with Gasteiger partial charge in [-0.2, -0.15) is 0 Å². The van der Waals surface area contributed by atoms with Crippen LogP contribution in [0.2, 0.25) is 0 Å². The number of rotatable bonds is 3. The molecule has 0 amide bonds. The Bertz CT molecular complexity index is 775. The molecule has 0 unspecified atom stereocenters. The molecule has 2 aromatic heterocycles. The highest BCUT2D eigenvalue weighted by Crippen LogP contribution is 2.21. The van der Waals surface area contributed by atoms with Gasteiger partial charge in [0.1, 0.15) is 5.58 Å². The number of ketones is 1. The molecule has 0 saturated heterocycles. The fraction of sp³-hybridized carbons (Fsp3) is 0.125. The quantitative estimate of drug-likeness (QED) is 0.672. The van der Waals surface area contributed by atoms with Gasteiger partial charge in [-0.1, -0.05) is 11.6 Å². The molecule has 3 aromatic rings. The number of fused-ring (bicyclic) bond motifs is 1. The number of aromatic nitrogens is 1. The van der Waals surface area contributed by atoms with Crippen LogP contribution in [0, 0.1) is 6.92 Å². The molecule has 0 aliphatic heterocycles. The monoisotopic (exact) mass is 329 g/mol. The van der Waals surface area contributed by atoms with Crippen molar-refractivity contribution in [2.24, 2.45) is 0 Å². The normalized spacial score (nSPS) is 10.9. The second kappa shape index (κ2) is 5.21. The average Bonchev–Trinajstić information content (AvgIpc) is 2.84. The van der Waals surface area contributed by atoms with E-state index in [9.17, 15) is 4.79 Å². The van der Waals surface area contributed by atoms with Crippen LogP contribution >= 0.6 is 15.9 Å². The molecule has 20 heavy (non-hydrogen) atoms. The minimum atomic E-state index is -0.0614. The summed E-state index contributed by atoms with van der Waals surface area (Å²) in [5, 5.41) is 0.956. The molecule has 0 spiro atoms. The van der Waals surface area contributed by atoms with Gasteiger partial charge in [-0.3, -0.25) is 9.78 Å². The SMILES string of the molecule is Cc1ccc2oc(C(=O)Cc3ccc(Br)cn3)cc2c1. The summed E-state index contributed by atoms with van der Waals surface area (Å²) in [6.45, 7) is 2.01. The van der Waals surface area contributed by atoms with Gasteiger partial charge in [0.2, 0.25) is 5.78 Å². The molecule has 3 nitrogen and oxygen atoms in total. The Hall–Kier alpha value is -1.94. The van der Waals surface area contributed by atoms with E-state index in [1.54, 1.807) is 12.3 Å². The zero-order chi connectivity index (χ0) is 14.1. The van der Waals surface area contributed by atoms with Crippen molar-refractivity contribution in [1.29, 1.82) is 0 Å². The van der Waals surface area contributed by atoms with Crippen LogP contribution in [-0.4, -0.2) is 10.8 Å². The standard InChI is InChI=1S/C16H12BrNO2/c1-10-2-5-15-11(6-10)7-16(20-15)14(19)8-13-4-3-12(17)9-18-13/h2-7,9H,8H2,1H3. The van der Waals surface area contributed by atoms with Crippen LogP contribution in [0.4, 0.5) is 0 Å². The minimum absolute atomic E-state index is 0.0614. The van der Waals surface area contributed by atoms with E-state index in [1.807, 2.05) is 37.3 Å². The third-order valence-corrected chi connectivity index (χ3v) is 3.55. The lowest BCUT2D eigenvalue weighted by Gasteiger charge is -1.98. The number of halogens is 1. The number of nitrogens with zero attached hydrogens (tertiary/aromatic N) is 1. The molecule has 2 heterocycles. The van der Waals surface area contributed by atoms with Crippen LogP contribution < -0.4 is 0 Å². The average molecular weight is 330 g/mol. The predicted molar refractivity (Wildman–Crippen MR) is 80.9 cm³/mol. The molecule has 4 heteroatoms. The van der Waals surface area contributed by atoms with Gasteiger partial charge in [0.25, 0.3) is 0 Å². The number of hydrogen-bond acceptors (Lipinski definition) is 3. The van der Waals surface area contributed by atoms with E-state index in [0.29, 0.717) is 5.76 Å². The fourth-order valence-corrected chi connectivity index (χ4v) is 2.30. The van der Waals surface area contributed by atoms with Gasteiger partial charge in [-0.25, -0.2) is 0 Å². The van der Waals surface area contributed by atoms with Gasteiger partial charge >= 0.3 is 0 Å². The maximum absolute atomic E-state index is 12.2. The van der Waals surface area contributed by atoms with Crippen molar-refractivity contribution in [1.82, 2.24) is 4.98 Å². The predicted octanol–water partition coefficient (Wildman–Crippen LogP) is 4.32. The summed E-state index contributed by atoms with van der Waals surface area (Å²) < 4.78 is 6.49. The summed E-state index contributed by atoms with van der Waals surface area (Å²) in [5.41, 5.74) is 2.62. The van der Waals surface area contributed by atoms with Crippen molar-refractivity contribution in [3.63, 3.8) is 0 Å². The Morgan fingerprint density at radius 3 is 2.85 bits per heavy atom. The van der Waals surface area contributed by atoms with Gasteiger partial charge < -0.3 is 4.42 Å². The Morgan fingerprint density at radius 2 is 2.10 bits per heavy atom. The van der Waals surface area contributed by atoms with Gasteiger partial charge in [0.05, 0.1) is 6.42 Å². The van der Waals surface area contributed by atoms with Crippen LogP contribution in [0.15, 0.2) is 51.5 Å². The molecule has 0 fully saturated rings. The molecule has 0 aliphatic rings.